The molecule has 0 aromatic rings. The molecular formula is C12H25NOS. The first-order valence-corrected chi connectivity index (χ1v) is 8.25. The molecule has 3 atom stereocenters. The second-order valence-electron chi connectivity index (χ2n) is 5.36. The third-order valence-corrected chi connectivity index (χ3v) is 4.50. The Balaban J connectivity index is 2.75. The summed E-state index contributed by atoms with van der Waals surface area (Å²) < 4.78 is 11.8. The van der Waals surface area contributed by atoms with E-state index in [2.05, 4.69) is 31.2 Å². The molecule has 0 amide bonds. The summed E-state index contributed by atoms with van der Waals surface area (Å²) in [6.07, 6.45) is 4.91. The molecule has 0 saturated carbocycles. The minimum atomic E-state index is -1.70. The molecule has 0 spiro atoms. The van der Waals surface area contributed by atoms with E-state index in [0.29, 0.717) is 11.8 Å². The molecule has 2 nitrogen and oxygen atoms in total. The molecule has 1 saturated heterocycles. The molecule has 2 unspecified atom stereocenters. The number of hydrogen-bond acceptors (Lipinski definition) is 2. The van der Waals surface area contributed by atoms with Crippen molar-refractivity contribution in [1.29, 1.82) is 0 Å². The van der Waals surface area contributed by atoms with E-state index in [9.17, 15) is 4.21 Å². The normalized spacial score (nSPS) is 30.5. The fraction of sp³-hybridized carbons (Fsp3) is 0.917. The maximum absolute atomic E-state index is 11.8. The highest BCUT2D eigenvalue weighted by molar-refractivity contribution is 8.00. The van der Waals surface area contributed by atoms with Crippen molar-refractivity contribution in [3.05, 3.63) is 0 Å². The van der Waals surface area contributed by atoms with Crippen LogP contribution in [0.15, 0.2) is 0 Å². The van der Waals surface area contributed by atoms with Gasteiger partial charge in [0, 0.05) is 25.6 Å². The van der Waals surface area contributed by atoms with E-state index in [1.54, 1.807) is 0 Å². The lowest BCUT2D eigenvalue weighted by atomic mass is 9.85. The van der Waals surface area contributed by atoms with Crippen molar-refractivity contribution in [3.8, 4) is 0 Å². The Morgan fingerprint density at radius 3 is 2.53 bits per heavy atom. The monoisotopic (exact) mass is 231 g/mol. The van der Waals surface area contributed by atoms with Gasteiger partial charge < -0.3 is 4.90 Å². The largest absolute Gasteiger partial charge is 0.306 e. The Morgan fingerprint density at radius 2 is 2.07 bits per heavy atom. The zero-order chi connectivity index (χ0) is 11.6. The van der Waals surface area contributed by atoms with E-state index in [0.717, 1.165) is 12.5 Å². The fourth-order valence-corrected chi connectivity index (χ4v) is 4.00. The SMILES string of the molecule is CC[C@@H]1CN(C)CC1C(C)C=S(C)(C)=O. The molecule has 0 aromatic heterocycles. The van der Waals surface area contributed by atoms with Gasteiger partial charge in [-0.05, 0) is 39.7 Å². The predicted molar refractivity (Wildman–Crippen MR) is 70.0 cm³/mol. The van der Waals surface area contributed by atoms with E-state index < -0.39 is 9.52 Å². The quantitative estimate of drug-likeness (QED) is 0.687. The second kappa shape index (κ2) is 4.88. The van der Waals surface area contributed by atoms with Crippen LogP contribution in [0.2, 0.25) is 0 Å². The fourth-order valence-electron chi connectivity index (χ4n) is 2.76. The molecule has 1 fully saturated rings. The van der Waals surface area contributed by atoms with Crippen molar-refractivity contribution < 1.29 is 4.21 Å². The molecule has 1 aliphatic heterocycles. The lowest BCUT2D eigenvalue weighted by Gasteiger charge is -2.21. The average Bonchev–Trinajstić information content (AvgIpc) is 2.43. The van der Waals surface area contributed by atoms with Gasteiger partial charge in [0.2, 0.25) is 0 Å². The van der Waals surface area contributed by atoms with Gasteiger partial charge in [-0.25, -0.2) is 0 Å². The van der Waals surface area contributed by atoms with Crippen molar-refractivity contribution >= 4 is 14.9 Å². The van der Waals surface area contributed by atoms with Crippen molar-refractivity contribution in [1.82, 2.24) is 4.90 Å². The van der Waals surface area contributed by atoms with Gasteiger partial charge in [0.05, 0.1) is 0 Å². The zero-order valence-corrected chi connectivity index (χ0v) is 11.5. The van der Waals surface area contributed by atoms with Gasteiger partial charge in [0.15, 0.2) is 0 Å². The number of hydrogen-bond donors (Lipinski definition) is 0. The molecule has 3 heteroatoms. The zero-order valence-electron chi connectivity index (χ0n) is 10.7. The van der Waals surface area contributed by atoms with Crippen LogP contribution < -0.4 is 0 Å². The van der Waals surface area contributed by atoms with E-state index >= 15 is 0 Å². The highest BCUT2D eigenvalue weighted by Crippen LogP contribution is 2.30. The molecular weight excluding hydrogens is 206 g/mol. The molecule has 0 aliphatic carbocycles. The Morgan fingerprint density at radius 1 is 1.47 bits per heavy atom. The first kappa shape index (κ1) is 13.0. The Bertz CT molecular complexity index is 310. The molecule has 0 aromatic carbocycles. The Kier molecular flexibility index (Phi) is 4.24. The third-order valence-electron chi connectivity index (χ3n) is 3.42. The van der Waals surface area contributed by atoms with Crippen LogP contribution >= 0.6 is 0 Å². The van der Waals surface area contributed by atoms with Gasteiger partial charge in [-0.2, -0.15) is 0 Å². The standard InChI is InChI=1S/C12H25NOS/c1-6-11-7-13(3)8-12(11)10(2)9-15(4,5)14/h9-12H,6-8H2,1-5H3/t10?,11-,12?/m1/s1. The summed E-state index contributed by atoms with van der Waals surface area (Å²) in [7, 11) is 0.482. The molecule has 0 bridgehead atoms. The van der Waals surface area contributed by atoms with E-state index in [-0.39, 0.29) is 0 Å². The molecule has 1 heterocycles. The maximum Gasteiger partial charge on any atom is 0.00432 e. The Hall–Kier alpha value is -0.0200. The van der Waals surface area contributed by atoms with E-state index in [1.807, 2.05) is 12.5 Å². The lowest BCUT2D eigenvalue weighted by molar-refractivity contribution is 0.355. The van der Waals surface area contributed by atoms with Crippen molar-refractivity contribution in [2.75, 3.05) is 32.6 Å². The van der Waals surface area contributed by atoms with Crippen LogP contribution in [0.5, 0.6) is 0 Å². The number of nitrogens with zero attached hydrogens (tertiary/aromatic N) is 1. The van der Waals surface area contributed by atoms with Gasteiger partial charge in [-0.1, -0.05) is 20.3 Å². The summed E-state index contributed by atoms with van der Waals surface area (Å²) in [5.41, 5.74) is 0. The molecule has 1 aliphatic rings. The predicted octanol–water partition coefficient (Wildman–Crippen LogP) is 1.56. The van der Waals surface area contributed by atoms with Crippen molar-refractivity contribution in [3.63, 3.8) is 0 Å². The van der Waals surface area contributed by atoms with Crippen LogP contribution in [0.1, 0.15) is 20.3 Å². The molecule has 0 N–H and O–H groups in total. The van der Waals surface area contributed by atoms with Gasteiger partial charge in [0.25, 0.3) is 0 Å². The van der Waals surface area contributed by atoms with Crippen LogP contribution in [0.4, 0.5) is 0 Å². The summed E-state index contributed by atoms with van der Waals surface area (Å²) in [6, 6.07) is 0. The minimum absolute atomic E-state index is 0.474. The van der Waals surface area contributed by atoms with Gasteiger partial charge >= 0.3 is 0 Å². The summed E-state index contributed by atoms with van der Waals surface area (Å²) in [4.78, 5) is 2.40. The van der Waals surface area contributed by atoms with Gasteiger partial charge in [-0.15, -0.1) is 0 Å². The number of rotatable bonds is 3. The van der Waals surface area contributed by atoms with Crippen LogP contribution in [-0.2, 0) is 9.52 Å². The summed E-state index contributed by atoms with van der Waals surface area (Å²) >= 11 is 0. The molecule has 90 valence electrons. The Labute approximate surface area is 95.1 Å². The van der Waals surface area contributed by atoms with Crippen LogP contribution in [0, 0.1) is 17.8 Å². The topological polar surface area (TPSA) is 20.3 Å². The smallest absolute Gasteiger partial charge is 0.00432 e. The molecule has 0 radical (unpaired) electrons. The molecule has 15 heavy (non-hydrogen) atoms. The number of likely N-dealkylation sites (tertiary alicyclic amines) is 1. The summed E-state index contributed by atoms with van der Waals surface area (Å²) in [5, 5.41) is 2.07. The van der Waals surface area contributed by atoms with E-state index in [1.165, 1.54) is 13.0 Å². The summed E-state index contributed by atoms with van der Waals surface area (Å²) in [6.45, 7) is 6.84. The first-order valence-electron chi connectivity index (χ1n) is 5.81. The first-order chi connectivity index (χ1) is 6.83. The van der Waals surface area contributed by atoms with Crippen LogP contribution in [0.25, 0.3) is 0 Å². The highest BCUT2D eigenvalue weighted by Gasteiger charge is 2.32. The minimum Gasteiger partial charge on any atom is -0.306 e. The van der Waals surface area contributed by atoms with Gasteiger partial charge in [0.1, 0.15) is 0 Å². The average molecular weight is 231 g/mol. The summed E-state index contributed by atoms with van der Waals surface area (Å²) in [5.74, 6) is 1.95. The van der Waals surface area contributed by atoms with Crippen molar-refractivity contribution in [2.45, 2.75) is 20.3 Å². The van der Waals surface area contributed by atoms with E-state index in [4.69, 9.17) is 0 Å². The van der Waals surface area contributed by atoms with Gasteiger partial charge in [-0.3, -0.25) is 4.21 Å². The highest BCUT2D eigenvalue weighted by atomic mass is 32.2. The van der Waals surface area contributed by atoms with Crippen LogP contribution in [-0.4, -0.2) is 47.1 Å². The van der Waals surface area contributed by atoms with Crippen LogP contribution in [0.3, 0.4) is 0 Å². The second-order valence-corrected chi connectivity index (χ2v) is 8.25. The third kappa shape index (κ3) is 3.80. The maximum atomic E-state index is 11.8. The van der Waals surface area contributed by atoms with Crippen molar-refractivity contribution in [2.24, 2.45) is 17.8 Å². The molecule has 1 rings (SSSR count). The lowest BCUT2D eigenvalue weighted by Crippen LogP contribution is -2.23.